The highest BCUT2D eigenvalue weighted by atomic mass is 15.1. The molecule has 2 rings (SSSR count). The van der Waals surface area contributed by atoms with Gasteiger partial charge in [0.2, 0.25) is 0 Å². The van der Waals surface area contributed by atoms with Gasteiger partial charge in [0.25, 0.3) is 0 Å². The van der Waals surface area contributed by atoms with Crippen LogP contribution in [0.3, 0.4) is 0 Å². The molecule has 0 saturated heterocycles. The smallest absolute Gasteiger partial charge is 0.0317 e. The van der Waals surface area contributed by atoms with E-state index < -0.39 is 0 Å². The molecule has 0 unspecified atom stereocenters. The molecule has 0 atom stereocenters. The van der Waals surface area contributed by atoms with Gasteiger partial charge in [0.05, 0.1) is 0 Å². The largest absolute Gasteiger partial charge is 0.399 e. The quantitative estimate of drug-likeness (QED) is 0.807. The average molecular weight is 255 g/mol. The fourth-order valence-corrected chi connectivity index (χ4v) is 2.14. The molecule has 0 aliphatic rings. The molecule has 0 spiro atoms. The van der Waals surface area contributed by atoms with E-state index in [1.165, 1.54) is 11.1 Å². The first-order valence-electron chi connectivity index (χ1n) is 6.73. The van der Waals surface area contributed by atoms with Crippen LogP contribution in [0.1, 0.15) is 18.1 Å². The van der Waals surface area contributed by atoms with Crippen molar-refractivity contribution < 1.29 is 0 Å². The standard InChI is InChI=1S/C16H21N3/c1-2-19(11-8-14-6-9-18-10-7-14)13-15-4-3-5-16(17)12-15/h3-7,9-10,12H,2,8,11,13,17H2,1H3. The monoisotopic (exact) mass is 255 g/mol. The second-order valence-electron chi connectivity index (χ2n) is 4.72. The topological polar surface area (TPSA) is 42.2 Å². The summed E-state index contributed by atoms with van der Waals surface area (Å²) in [5.41, 5.74) is 9.26. The summed E-state index contributed by atoms with van der Waals surface area (Å²) in [6, 6.07) is 12.3. The van der Waals surface area contributed by atoms with E-state index in [-0.39, 0.29) is 0 Å². The maximum Gasteiger partial charge on any atom is 0.0317 e. The van der Waals surface area contributed by atoms with Gasteiger partial charge in [-0.1, -0.05) is 19.1 Å². The van der Waals surface area contributed by atoms with Crippen molar-refractivity contribution in [3.8, 4) is 0 Å². The first kappa shape index (κ1) is 13.6. The van der Waals surface area contributed by atoms with Crippen LogP contribution in [0.15, 0.2) is 48.8 Å². The molecule has 0 aliphatic heterocycles. The Morgan fingerprint density at radius 1 is 1.11 bits per heavy atom. The van der Waals surface area contributed by atoms with E-state index >= 15 is 0 Å². The highest BCUT2D eigenvalue weighted by Gasteiger charge is 2.04. The lowest BCUT2D eigenvalue weighted by atomic mass is 10.1. The van der Waals surface area contributed by atoms with Crippen LogP contribution in [-0.2, 0) is 13.0 Å². The summed E-state index contributed by atoms with van der Waals surface area (Å²) < 4.78 is 0. The van der Waals surface area contributed by atoms with Crippen LogP contribution in [0.5, 0.6) is 0 Å². The average Bonchev–Trinajstić information content (AvgIpc) is 2.44. The summed E-state index contributed by atoms with van der Waals surface area (Å²) in [5.74, 6) is 0. The van der Waals surface area contributed by atoms with Crippen LogP contribution in [-0.4, -0.2) is 23.0 Å². The van der Waals surface area contributed by atoms with E-state index in [1.54, 1.807) is 0 Å². The van der Waals surface area contributed by atoms with Crippen molar-refractivity contribution in [1.82, 2.24) is 9.88 Å². The predicted molar refractivity (Wildman–Crippen MR) is 79.7 cm³/mol. The summed E-state index contributed by atoms with van der Waals surface area (Å²) in [4.78, 5) is 6.47. The van der Waals surface area contributed by atoms with Gasteiger partial charge in [-0.2, -0.15) is 0 Å². The molecule has 100 valence electrons. The predicted octanol–water partition coefficient (Wildman–Crippen LogP) is 2.73. The Kier molecular flexibility index (Phi) is 4.93. The number of benzene rings is 1. The van der Waals surface area contributed by atoms with Crippen molar-refractivity contribution in [2.24, 2.45) is 0 Å². The first-order chi connectivity index (χ1) is 9.28. The van der Waals surface area contributed by atoms with Crippen molar-refractivity contribution in [3.63, 3.8) is 0 Å². The fraction of sp³-hybridized carbons (Fsp3) is 0.312. The van der Waals surface area contributed by atoms with Gasteiger partial charge in [0.15, 0.2) is 0 Å². The lowest BCUT2D eigenvalue weighted by molar-refractivity contribution is 0.283. The van der Waals surface area contributed by atoms with Crippen LogP contribution in [0, 0.1) is 0 Å². The molecule has 0 fully saturated rings. The second kappa shape index (κ2) is 6.90. The molecule has 2 N–H and O–H groups in total. The molecule has 1 aromatic carbocycles. The third kappa shape index (κ3) is 4.38. The highest BCUT2D eigenvalue weighted by Crippen LogP contribution is 2.10. The zero-order valence-corrected chi connectivity index (χ0v) is 11.4. The minimum absolute atomic E-state index is 0.836. The molecule has 1 aromatic heterocycles. The van der Waals surface area contributed by atoms with E-state index in [9.17, 15) is 0 Å². The zero-order chi connectivity index (χ0) is 13.5. The van der Waals surface area contributed by atoms with E-state index in [0.29, 0.717) is 0 Å². The number of anilines is 1. The van der Waals surface area contributed by atoms with E-state index in [4.69, 9.17) is 5.73 Å². The van der Waals surface area contributed by atoms with Crippen molar-refractivity contribution in [2.45, 2.75) is 19.9 Å². The van der Waals surface area contributed by atoms with Gasteiger partial charge in [-0.25, -0.2) is 0 Å². The van der Waals surface area contributed by atoms with E-state index in [1.807, 2.05) is 24.5 Å². The Morgan fingerprint density at radius 3 is 2.58 bits per heavy atom. The number of aromatic nitrogens is 1. The molecule has 2 aromatic rings. The Hall–Kier alpha value is -1.87. The molecule has 0 amide bonds. The van der Waals surface area contributed by atoms with Crippen molar-refractivity contribution in [3.05, 3.63) is 59.9 Å². The van der Waals surface area contributed by atoms with Gasteiger partial charge in [-0.3, -0.25) is 9.88 Å². The fourth-order valence-electron chi connectivity index (χ4n) is 2.14. The number of nitrogens with two attached hydrogens (primary N) is 1. The Morgan fingerprint density at radius 2 is 1.89 bits per heavy atom. The summed E-state index contributed by atoms with van der Waals surface area (Å²) >= 11 is 0. The minimum Gasteiger partial charge on any atom is -0.399 e. The van der Waals surface area contributed by atoms with E-state index in [0.717, 1.165) is 31.7 Å². The molecule has 1 heterocycles. The number of nitrogen functional groups attached to an aromatic ring is 1. The van der Waals surface area contributed by atoms with Gasteiger partial charge >= 0.3 is 0 Å². The number of pyridine rings is 1. The van der Waals surface area contributed by atoms with Crippen molar-refractivity contribution in [2.75, 3.05) is 18.8 Å². The second-order valence-corrected chi connectivity index (χ2v) is 4.72. The Labute approximate surface area is 115 Å². The lowest BCUT2D eigenvalue weighted by Gasteiger charge is -2.20. The van der Waals surface area contributed by atoms with Crippen molar-refractivity contribution in [1.29, 1.82) is 0 Å². The third-order valence-corrected chi connectivity index (χ3v) is 3.27. The normalized spacial score (nSPS) is 10.8. The summed E-state index contributed by atoms with van der Waals surface area (Å²) in [6.45, 7) is 5.24. The third-order valence-electron chi connectivity index (χ3n) is 3.27. The number of hydrogen-bond donors (Lipinski definition) is 1. The Bertz CT molecular complexity index is 496. The number of likely N-dealkylation sites (N-methyl/N-ethyl adjacent to an activating group) is 1. The van der Waals surface area contributed by atoms with Gasteiger partial charge in [-0.15, -0.1) is 0 Å². The lowest BCUT2D eigenvalue weighted by Crippen LogP contribution is -2.25. The highest BCUT2D eigenvalue weighted by molar-refractivity contribution is 5.40. The van der Waals surface area contributed by atoms with Gasteiger partial charge in [-0.05, 0) is 48.4 Å². The van der Waals surface area contributed by atoms with E-state index in [2.05, 4.69) is 41.1 Å². The molecular weight excluding hydrogens is 234 g/mol. The molecule has 0 saturated carbocycles. The number of nitrogens with zero attached hydrogens (tertiary/aromatic N) is 2. The minimum atomic E-state index is 0.836. The first-order valence-corrected chi connectivity index (χ1v) is 6.73. The maximum absolute atomic E-state index is 5.82. The van der Waals surface area contributed by atoms with Crippen LogP contribution >= 0.6 is 0 Å². The van der Waals surface area contributed by atoms with Crippen LogP contribution in [0.25, 0.3) is 0 Å². The summed E-state index contributed by atoms with van der Waals surface area (Å²) in [7, 11) is 0. The van der Waals surface area contributed by atoms with Gasteiger partial charge in [0, 0.05) is 31.2 Å². The molecule has 0 aliphatic carbocycles. The van der Waals surface area contributed by atoms with Crippen molar-refractivity contribution >= 4 is 5.69 Å². The maximum atomic E-state index is 5.82. The SMILES string of the molecule is CCN(CCc1ccncc1)Cc1cccc(N)c1. The van der Waals surface area contributed by atoms with Gasteiger partial charge < -0.3 is 5.73 Å². The molecular formula is C16H21N3. The van der Waals surface area contributed by atoms with Gasteiger partial charge in [0.1, 0.15) is 0 Å². The molecule has 19 heavy (non-hydrogen) atoms. The molecule has 0 bridgehead atoms. The van der Waals surface area contributed by atoms with Crippen LogP contribution in [0.4, 0.5) is 5.69 Å². The molecule has 3 heteroatoms. The van der Waals surface area contributed by atoms with Crippen LogP contribution in [0.2, 0.25) is 0 Å². The zero-order valence-electron chi connectivity index (χ0n) is 11.4. The number of rotatable bonds is 6. The summed E-state index contributed by atoms with van der Waals surface area (Å²) in [6.07, 6.45) is 4.76. The molecule has 0 radical (unpaired) electrons. The number of hydrogen-bond acceptors (Lipinski definition) is 3. The molecule has 3 nitrogen and oxygen atoms in total. The van der Waals surface area contributed by atoms with Crippen LogP contribution < -0.4 is 5.73 Å². The summed E-state index contributed by atoms with van der Waals surface area (Å²) in [5, 5.41) is 0. The Balaban J connectivity index is 1.90.